The van der Waals surface area contributed by atoms with Gasteiger partial charge in [-0.15, -0.1) is 11.8 Å². The normalized spacial score (nSPS) is 43.2. The topological polar surface area (TPSA) is 46.6 Å². The van der Waals surface area contributed by atoms with Gasteiger partial charge in [-0.1, -0.05) is 25.7 Å². The summed E-state index contributed by atoms with van der Waals surface area (Å²) >= 11 is 1.74. The van der Waals surface area contributed by atoms with Crippen LogP contribution in [0.1, 0.15) is 64.7 Å². The smallest absolute Gasteiger partial charge is 0.330 e. The summed E-state index contributed by atoms with van der Waals surface area (Å²) in [5.74, 6) is 2.28. The van der Waals surface area contributed by atoms with E-state index < -0.39 is 0 Å². The van der Waals surface area contributed by atoms with Gasteiger partial charge in [-0.2, -0.15) is 0 Å². The predicted molar refractivity (Wildman–Crippen MR) is 89.9 cm³/mol. The maximum absolute atomic E-state index is 12.7. The first-order valence-electron chi connectivity index (χ1n) is 9.23. The molecule has 23 heavy (non-hydrogen) atoms. The molecule has 2 aliphatic heterocycles. The van der Waals surface area contributed by atoms with Gasteiger partial charge in [-0.3, -0.25) is 4.79 Å². The molecule has 5 heteroatoms. The second kappa shape index (κ2) is 5.98. The van der Waals surface area contributed by atoms with Crippen LogP contribution in [0.15, 0.2) is 0 Å². The number of rotatable bonds is 2. The number of fused-ring (bicyclic) bond motifs is 2. The average Bonchev–Trinajstić information content (AvgIpc) is 3.04. The monoisotopic (exact) mass is 337 g/mol. The van der Waals surface area contributed by atoms with Gasteiger partial charge in [0.15, 0.2) is 0 Å². The number of esters is 1. The summed E-state index contributed by atoms with van der Waals surface area (Å²) in [6.45, 7) is 2.09. The SMILES string of the molecule is C[C@]12CCC(=O)N1[C@H](C(=O)O[C@@H]1CC[C@H]3CCCC[C@@H]3C1)CS2. The van der Waals surface area contributed by atoms with Crippen molar-refractivity contribution in [2.45, 2.75) is 81.7 Å². The molecule has 5 atom stereocenters. The lowest BCUT2D eigenvalue weighted by Gasteiger charge is -2.39. The second-order valence-corrected chi connectivity index (χ2v) is 9.44. The first kappa shape index (κ1) is 15.8. The molecule has 0 spiro atoms. The van der Waals surface area contributed by atoms with Crippen LogP contribution in [0.25, 0.3) is 0 Å². The van der Waals surface area contributed by atoms with Crippen LogP contribution in [-0.4, -0.2) is 39.5 Å². The lowest BCUT2D eigenvalue weighted by molar-refractivity contribution is -0.161. The van der Waals surface area contributed by atoms with Crippen molar-refractivity contribution in [3.8, 4) is 0 Å². The molecular formula is C18H27NO3S. The van der Waals surface area contributed by atoms with Gasteiger partial charge in [0.25, 0.3) is 0 Å². The van der Waals surface area contributed by atoms with Crippen molar-refractivity contribution in [2.75, 3.05) is 5.75 Å². The third-order valence-corrected chi connectivity index (χ3v) is 8.00. The van der Waals surface area contributed by atoms with E-state index in [2.05, 4.69) is 6.92 Å². The van der Waals surface area contributed by atoms with Gasteiger partial charge in [0.05, 0.1) is 4.87 Å². The van der Waals surface area contributed by atoms with E-state index in [1.807, 2.05) is 4.90 Å². The number of hydrogen-bond donors (Lipinski definition) is 0. The van der Waals surface area contributed by atoms with Gasteiger partial charge in [0, 0.05) is 12.2 Å². The third-order valence-electron chi connectivity index (χ3n) is 6.49. The summed E-state index contributed by atoms with van der Waals surface area (Å²) in [5, 5.41) is 0. The molecule has 2 aliphatic carbocycles. The molecule has 4 nitrogen and oxygen atoms in total. The van der Waals surface area contributed by atoms with Crippen molar-refractivity contribution in [1.29, 1.82) is 0 Å². The Hall–Kier alpha value is -0.710. The van der Waals surface area contributed by atoms with Gasteiger partial charge in [-0.25, -0.2) is 4.79 Å². The quantitative estimate of drug-likeness (QED) is 0.725. The van der Waals surface area contributed by atoms with E-state index in [1.165, 1.54) is 32.1 Å². The van der Waals surface area contributed by atoms with E-state index in [1.54, 1.807) is 11.8 Å². The van der Waals surface area contributed by atoms with Gasteiger partial charge in [-0.05, 0) is 44.4 Å². The van der Waals surface area contributed by atoms with Crippen molar-refractivity contribution in [1.82, 2.24) is 4.90 Å². The molecule has 0 bridgehead atoms. The van der Waals surface area contributed by atoms with Crippen LogP contribution in [0.3, 0.4) is 0 Å². The fourth-order valence-corrected chi connectivity index (χ4v) is 6.59. The minimum Gasteiger partial charge on any atom is -0.461 e. The van der Waals surface area contributed by atoms with E-state index in [-0.39, 0.29) is 28.9 Å². The van der Waals surface area contributed by atoms with Crippen LogP contribution in [0.2, 0.25) is 0 Å². The van der Waals surface area contributed by atoms with Gasteiger partial charge in [0.2, 0.25) is 5.91 Å². The number of carbonyl (C=O) groups is 2. The fraction of sp³-hybridized carbons (Fsp3) is 0.889. The summed E-state index contributed by atoms with van der Waals surface area (Å²) in [6, 6.07) is -0.357. The maximum Gasteiger partial charge on any atom is 0.330 e. The minimum atomic E-state index is -0.357. The Kier molecular flexibility index (Phi) is 4.11. The number of thioether (sulfide) groups is 1. The molecular weight excluding hydrogens is 310 g/mol. The van der Waals surface area contributed by atoms with Crippen molar-refractivity contribution >= 4 is 23.6 Å². The standard InChI is InChI=1S/C18H27NO3S/c1-18-9-8-16(20)19(18)15(11-23-18)17(21)22-14-7-6-12-4-2-3-5-13(12)10-14/h12-15H,2-11H2,1H3/t12-,13-,14-,15+,18+/m1/s1. The largest absolute Gasteiger partial charge is 0.461 e. The highest BCUT2D eigenvalue weighted by molar-refractivity contribution is 8.01. The number of nitrogens with zero attached hydrogens (tertiary/aromatic N) is 1. The zero-order valence-electron chi connectivity index (χ0n) is 14.0. The van der Waals surface area contributed by atoms with Crippen molar-refractivity contribution in [3.05, 3.63) is 0 Å². The molecule has 128 valence electrons. The summed E-state index contributed by atoms with van der Waals surface area (Å²) < 4.78 is 5.88. The molecule has 4 aliphatic rings. The summed E-state index contributed by atoms with van der Waals surface area (Å²) in [4.78, 5) is 26.5. The van der Waals surface area contributed by atoms with E-state index in [4.69, 9.17) is 4.74 Å². The number of hydrogen-bond acceptors (Lipinski definition) is 4. The Morgan fingerprint density at radius 3 is 2.83 bits per heavy atom. The molecule has 0 radical (unpaired) electrons. The van der Waals surface area contributed by atoms with Gasteiger partial charge >= 0.3 is 5.97 Å². The van der Waals surface area contributed by atoms with E-state index >= 15 is 0 Å². The molecule has 0 aromatic carbocycles. The maximum atomic E-state index is 12.7. The fourth-order valence-electron chi connectivity index (χ4n) is 5.18. The minimum absolute atomic E-state index is 0.0800. The van der Waals surface area contributed by atoms with Crippen LogP contribution >= 0.6 is 11.8 Å². The lowest BCUT2D eigenvalue weighted by Crippen LogP contribution is -2.47. The molecule has 2 saturated heterocycles. The Bertz CT molecular complexity index is 510. The Morgan fingerprint density at radius 2 is 2.00 bits per heavy atom. The third kappa shape index (κ3) is 2.79. The number of ether oxygens (including phenoxy) is 1. The summed E-state index contributed by atoms with van der Waals surface area (Å²) in [7, 11) is 0. The van der Waals surface area contributed by atoms with E-state index in [0.29, 0.717) is 12.2 Å². The molecule has 2 heterocycles. The molecule has 0 aromatic rings. The van der Waals surface area contributed by atoms with E-state index in [0.717, 1.165) is 31.1 Å². The second-order valence-electron chi connectivity index (χ2n) is 7.94. The van der Waals surface area contributed by atoms with Crippen LogP contribution in [0.4, 0.5) is 0 Å². The Morgan fingerprint density at radius 1 is 1.22 bits per heavy atom. The molecule has 0 aromatic heterocycles. The molecule has 2 saturated carbocycles. The van der Waals surface area contributed by atoms with Crippen LogP contribution in [0.5, 0.6) is 0 Å². The lowest BCUT2D eigenvalue weighted by atomic mass is 9.70. The van der Waals surface area contributed by atoms with Gasteiger partial charge < -0.3 is 9.64 Å². The number of carbonyl (C=O) groups excluding carboxylic acids is 2. The van der Waals surface area contributed by atoms with Crippen molar-refractivity contribution in [3.63, 3.8) is 0 Å². The van der Waals surface area contributed by atoms with Gasteiger partial charge in [0.1, 0.15) is 12.1 Å². The first-order valence-corrected chi connectivity index (χ1v) is 10.2. The summed E-state index contributed by atoms with van der Waals surface area (Å²) in [6.07, 6.45) is 10.2. The highest BCUT2D eigenvalue weighted by Gasteiger charge is 2.53. The molecule has 4 rings (SSSR count). The molecule has 4 fully saturated rings. The van der Waals surface area contributed by atoms with Crippen molar-refractivity contribution in [2.24, 2.45) is 11.8 Å². The zero-order valence-corrected chi connectivity index (χ0v) is 14.8. The van der Waals surface area contributed by atoms with E-state index in [9.17, 15) is 9.59 Å². The van der Waals surface area contributed by atoms with Crippen LogP contribution < -0.4 is 0 Å². The molecule has 1 amide bonds. The highest BCUT2D eigenvalue weighted by Crippen LogP contribution is 2.48. The first-order chi connectivity index (χ1) is 11.1. The molecule has 0 N–H and O–H groups in total. The van der Waals surface area contributed by atoms with Crippen molar-refractivity contribution < 1.29 is 14.3 Å². The Balaban J connectivity index is 1.38. The highest BCUT2D eigenvalue weighted by atomic mass is 32.2. The molecule has 0 unspecified atom stereocenters. The number of amides is 1. The van der Waals surface area contributed by atoms with Crippen LogP contribution in [-0.2, 0) is 14.3 Å². The zero-order chi connectivity index (χ0) is 16.0. The summed E-state index contributed by atoms with van der Waals surface area (Å²) in [5.41, 5.74) is 0. The predicted octanol–water partition coefficient (Wildman–Crippen LogP) is 3.34. The Labute approximate surface area is 142 Å². The average molecular weight is 337 g/mol. The van der Waals surface area contributed by atoms with Crippen LogP contribution in [0, 0.1) is 11.8 Å².